The fourth-order valence-electron chi connectivity index (χ4n) is 4.39. The van der Waals surface area contributed by atoms with Gasteiger partial charge in [0.15, 0.2) is 11.5 Å². The first-order valence-corrected chi connectivity index (χ1v) is 11.7. The Morgan fingerprint density at radius 1 is 1.16 bits per heavy atom. The number of aryl methyl sites for hydroxylation is 1. The first kappa shape index (κ1) is 24.7. The number of benzene rings is 2. The van der Waals surface area contributed by atoms with Gasteiger partial charge in [-0.2, -0.15) is 13.2 Å². The number of fused-ring (bicyclic) bond motifs is 1. The van der Waals surface area contributed by atoms with Crippen molar-refractivity contribution in [3.8, 4) is 11.4 Å². The average Bonchev–Trinajstić information content (AvgIpc) is 3.60. The van der Waals surface area contributed by atoms with Crippen molar-refractivity contribution in [2.75, 3.05) is 5.32 Å². The maximum atomic E-state index is 14.4. The summed E-state index contributed by atoms with van der Waals surface area (Å²) in [6, 6.07) is 10.2. The molecule has 2 N–H and O–H groups in total. The summed E-state index contributed by atoms with van der Waals surface area (Å²) in [6.45, 7) is 3.82. The van der Waals surface area contributed by atoms with Crippen LogP contribution >= 0.6 is 0 Å². The summed E-state index contributed by atoms with van der Waals surface area (Å²) in [7, 11) is 0. The summed E-state index contributed by atoms with van der Waals surface area (Å²) >= 11 is 0. The lowest BCUT2D eigenvalue weighted by atomic mass is 10.1. The third kappa shape index (κ3) is 4.98. The van der Waals surface area contributed by atoms with E-state index in [0.717, 1.165) is 24.5 Å². The molecule has 1 fully saturated rings. The van der Waals surface area contributed by atoms with Crippen molar-refractivity contribution in [2.24, 2.45) is 5.92 Å². The number of carboxylic acid groups (broad SMARTS) is 1. The molecule has 11 heteroatoms. The monoisotopic (exact) mass is 513 g/mol. The van der Waals surface area contributed by atoms with Gasteiger partial charge in [0.25, 0.3) is 0 Å². The molecule has 4 aromatic rings. The number of aromatic carboxylic acids is 1. The molecule has 2 heterocycles. The lowest BCUT2D eigenvalue weighted by Crippen LogP contribution is -2.20. The van der Waals surface area contributed by atoms with Gasteiger partial charge in [-0.05, 0) is 56.4 Å². The Labute approximate surface area is 209 Å². The van der Waals surface area contributed by atoms with Gasteiger partial charge in [-0.3, -0.25) is 0 Å². The highest BCUT2D eigenvalue weighted by Gasteiger charge is 2.34. The van der Waals surface area contributed by atoms with Crippen molar-refractivity contribution in [1.29, 1.82) is 0 Å². The fraction of sp³-hybridized carbons (Fsp3) is 0.308. The Bertz CT molecular complexity index is 1510. The summed E-state index contributed by atoms with van der Waals surface area (Å²) in [5.74, 6) is -2.07. The summed E-state index contributed by atoms with van der Waals surface area (Å²) in [5, 5.41) is 12.9. The van der Waals surface area contributed by atoms with Gasteiger partial charge in [-0.1, -0.05) is 29.8 Å². The molecule has 7 nitrogen and oxygen atoms in total. The van der Waals surface area contributed by atoms with E-state index in [4.69, 9.17) is 0 Å². The highest BCUT2D eigenvalue weighted by molar-refractivity contribution is 5.92. The van der Waals surface area contributed by atoms with Crippen molar-refractivity contribution in [1.82, 2.24) is 19.5 Å². The van der Waals surface area contributed by atoms with Gasteiger partial charge in [0.2, 0.25) is 5.82 Å². The van der Waals surface area contributed by atoms with Crippen LogP contribution in [0.5, 0.6) is 0 Å². The molecule has 1 atom stereocenters. The predicted molar refractivity (Wildman–Crippen MR) is 129 cm³/mol. The van der Waals surface area contributed by atoms with Gasteiger partial charge in [-0.25, -0.2) is 24.1 Å². The summed E-state index contributed by atoms with van der Waals surface area (Å²) < 4.78 is 55.4. The molecule has 37 heavy (non-hydrogen) atoms. The minimum atomic E-state index is -4.81. The third-order valence-corrected chi connectivity index (χ3v) is 6.44. The average molecular weight is 513 g/mol. The van der Waals surface area contributed by atoms with Crippen molar-refractivity contribution in [3.63, 3.8) is 0 Å². The zero-order valence-corrected chi connectivity index (χ0v) is 20.0. The summed E-state index contributed by atoms with van der Waals surface area (Å²) in [5.41, 5.74) is 1.04. The van der Waals surface area contributed by atoms with Crippen LogP contribution in [0.1, 0.15) is 47.1 Å². The molecular weight excluding hydrogens is 490 g/mol. The maximum absolute atomic E-state index is 14.4. The Balaban J connectivity index is 1.71. The first-order valence-electron chi connectivity index (χ1n) is 11.7. The van der Waals surface area contributed by atoms with Gasteiger partial charge < -0.3 is 15.0 Å². The number of nitrogens with zero attached hydrogens (tertiary/aromatic N) is 4. The van der Waals surface area contributed by atoms with Crippen molar-refractivity contribution < 1.29 is 27.5 Å². The lowest BCUT2D eigenvalue weighted by Gasteiger charge is -2.17. The van der Waals surface area contributed by atoms with Crippen LogP contribution in [0, 0.1) is 18.7 Å². The van der Waals surface area contributed by atoms with E-state index >= 15 is 0 Å². The number of hydrogen-bond acceptors (Lipinski definition) is 5. The zero-order chi connectivity index (χ0) is 26.5. The van der Waals surface area contributed by atoms with Crippen LogP contribution in [-0.2, 0) is 12.7 Å². The number of carboxylic acids is 1. The van der Waals surface area contributed by atoms with E-state index < -0.39 is 29.4 Å². The molecular formula is C26H23F4N5O2. The summed E-state index contributed by atoms with van der Waals surface area (Å²) in [4.78, 5) is 24.7. The Morgan fingerprint density at radius 3 is 2.54 bits per heavy atom. The van der Waals surface area contributed by atoms with Gasteiger partial charge in [0.1, 0.15) is 17.2 Å². The SMILES string of the molecule is Cc1cccc(-c2nc3nc(C(=O)O)nc(N[C@H](C)C4CC4)c3n2Cc2ccc(C(F)(F)F)c(F)c2)c1. The number of halogens is 4. The molecule has 5 rings (SSSR count). The summed E-state index contributed by atoms with van der Waals surface area (Å²) in [6.07, 6.45) is -2.74. The molecule has 1 saturated carbocycles. The fourth-order valence-corrected chi connectivity index (χ4v) is 4.39. The van der Waals surface area contributed by atoms with E-state index in [-0.39, 0.29) is 29.6 Å². The molecule has 0 saturated heterocycles. The van der Waals surface area contributed by atoms with Gasteiger partial charge >= 0.3 is 12.1 Å². The second-order valence-electron chi connectivity index (χ2n) is 9.35. The number of aromatic nitrogens is 4. The van der Waals surface area contributed by atoms with E-state index in [1.54, 1.807) is 4.57 Å². The molecule has 0 bridgehead atoms. The number of imidazole rings is 1. The van der Waals surface area contributed by atoms with Crippen LogP contribution in [0.15, 0.2) is 42.5 Å². The number of rotatable bonds is 7. The van der Waals surface area contributed by atoms with Gasteiger partial charge in [-0.15, -0.1) is 0 Å². The largest absolute Gasteiger partial charge is 0.475 e. The molecule has 0 unspecified atom stereocenters. The topological polar surface area (TPSA) is 92.9 Å². The van der Waals surface area contributed by atoms with E-state index in [1.165, 1.54) is 6.07 Å². The van der Waals surface area contributed by atoms with Crippen LogP contribution in [0.3, 0.4) is 0 Å². The second-order valence-corrected chi connectivity index (χ2v) is 9.35. The Kier molecular flexibility index (Phi) is 6.09. The minimum absolute atomic E-state index is 0.00553. The molecule has 0 amide bonds. The highest BCUT2D eigenvalue weighted by Crippen LogP contribution is 2.36. The van der Waals surface area contributed by atoms with E-state index in [9.17, 15) is 27.5 Å². The number of hydrogen-bond donors (Lipinski definition) is 2. The van der Waals surface area contributed by atoms with Crippen molar-refractivity contribution in [2.45, 2.75) is 45.5 Å². The molecule has 1 aliphatic carbocycles. The maximum Gasteiger partial charge on any atom is 0.419 e. The van der Waals surface area contributed by atoms with Crippen molar-refractivity contribution >= 4 is 23.0 Å². The molecule has 0 spiro atoms. The van der Waals surface area contributed by atoms with Gasteiger partial charge in [0, 0.05) is 18.2 Å². The van der Waals surface area contributed by atoms with Crippen LogP contribution < -0.4 is 5.32 Å². The third-order valence-electron chi connectivity index (χ3n) is 6.44. The van der Waals surface area contributed by atoms with Crippen LogP contribution in [0.4, 0.5) is 23.4 Å². The smallest absolute Gasteiger partial charge is 0.419 e. The molecule has 0 radical (unpaired) electrons. The Morgan fingerprint density at radius 2 is 1.92 bits per heavy atom. The molecule has 0 aliphatic heterocycles. The normalized spacial score (nSPS) is 14.6. The van der Waals surface area contributed by atoms with Crippen LogP contribution in [0.2, 0.25) is 0 Å². The quantitative estimate of drug-likeness (QED) is 0.298. The van der Waals surface area contributed by atoms with Crippen LogP contribution in [0.25, 0.3) is 22.6 Å². The standard InChI is InChI=1S/C26H23F4N5O2/c1-13-4-3-5-17(10-13)24-34-22-20(21(31-14(2)16-7-8-16)32-23(33-22)25(36)37)35(24)12-15-6-9-18(19(27)11-15)26(28,29)30/h3-6,9-11,14,16H,7-8,12H2,1-2H3,(H,36,37)(H,31,32,33)/t14-/m1/s1. The van der Waals surface area contributed by atoms with E-state index in [0.29, 0.717) is 28.9 Å². The first-order chi connectivity index (χ1) is 17.5. The predicted octanol–water partition coefficient (Wildman–Crippen LogP) is 5.92. The van der Waals surface area contributed by atoms with Crippen LogP contribution in [-0.4, -0.2) is 36.6 Å². The molecule has 2 aromatic carbocycles. The number of carbonyl (C=O) groups is 1. The van der Waals surface area contributed by atoms with Gasteiger partial charge in [0.05, 0.1) is 5.56 Å². The molecule has 1 aliphatic rings. The zero-order valence-electron chi connectivity index (χ0n) is 20.0. The van der Waals surface area contributed by atoms with E-state index in [2.05, 4.69) is 20.3 Å². The second kappa shape index (κ2) is 9.13. The van der Waals surface area contributed by atoms with Crippen molar-refractivity contribution in [3.05, 3.63) is 70.8 Å². The lowest BCUT2D eigenvalue weighted by molar-refractivity contribution is -0.140. The Hall–Kier alpha value is -4.02. The number of alkyl halides is 3. The number of anilines is 1. The molecule has 2 aromatic heterocycles. The number of nitrogens with one attached hydrogen (secondary N) is 1. The highest BCUT2D eigenvalue weighted by atomic mass is 19.4. The van der Waals surface area contributed by atoms with E-state index in [1.807, 2.05) is 38.1 Å². The molecule has 192 valence electrons. The minimum Gasteiger partial charge on any atom is -0.475 e.